The molecular weight excluding hydrogens is 530 g/mol. The standard InChI is InChI=1S/C29H37N5O5S/c1-18(2)39-29(35)21-15-23-26(25(17-21)38-5)33(4)28(31-23)24-16-20-11-12-22-19(3)32-40(36,37)14-10-8-6-7-9-13-34(24)27(20)30-22/h7,9,11-12,15-19,23,26,32H,6,8,10,13-14H2,1-5H3/t19-,23?,26?/m1/s1. The first-order valence-corrected chi connectivity index (χ1v) is 15.4. The van der Waals surface area contributed by atoms with Gasteiger partial charge < -0.3 is 18.9 Å². The average molecular weight is 568 g/mol. The fraction of sp³-hybridized carbons (Fsp3) is 0.483. The van der Waals surface area contributed by atoms with Crippen molar-refractivity contribution in [1.82, 2.24) is 19.2 Å². The highest BCUT2D eigenvalue weighted by molar-refractivity contribution is 7.89. The summed E-state index contributed by atoms with van der Waals surface area (Å²) >= 11 is 0. The fourth-order valence-electron chi connectivity index (χ4n) is 5.45. The van der Waals surface area contributed by atoms with Gasteiger partial charge in [0.05, 0.1) is 48.0 Å². The van der Waals surface area contributed by atoms with E-state index in [2.05, 4.69) is 32.4 Å². The number of nitrogens with zero attached hydrogens (tertiary/aromatic N) is 4. The summed E-state index contributed by atoms with van der Waals surface area (Å²) in [5, 5.41) is 0.930. The first-order chi connectivity index (χ1) is 19.1. The summed E-state index contributed by atoms with van der Waals surface area (Å²) in [4.78, 5) is 24.7. The van der Waals surface area contributed by atoms with Gasteiger partial charge in [0.2, 0.25) is 10.0 Å². The van der Waals surface area contributed by atoms with E-state index in [1.807, 2.05) is 46.0 Å². The molecule has 11 heteroatoms. The van der Waals surface area contributed by atoms with E-state index in [-0.39, 0.29) is 23.9 Å². The molecule has 0 fully saturated rings. The molecule has 2 unspecified atom stereocenters. The largest absolute Gasteiger partial charge is 0.499 e. The number of ether oxygens (including phenoxy) is 2. The quantitative estimate of drug-likeness (QED) is 0.443. The molecule has 3 aliphatic rings. The van der Waals surface area contributed by atoms with Crippen molar-refractivity contribution in [3.05, 3.63) is 65.2 Å². The molecule has 0 saturated carbocycles. The van der Waals surface area contributed by atoms with Crippen LogP contribution in [0.5, 0.6) is 0 Å². The SMILES string of the molecule is COC1=CC(C(=O)OC(C)C)=CC2N=C(c3cc4ccc5nc4n3CC=CCCCCS(=O)(=O)N[C@@H]5C)N(C)C12. The lowest BCUT2D eigenvalue weighted by atomic mass is 9.96. The van der Waals surface area contributed by atoms with Gasteiger partial charge in [0.15, 0.2) is 0 Å². The second-order valence-electron chi connectivity index (χ2n) is 10.7. The average Bonchev–Trinajstić information content (AvgIpc) is 3.43. The van der Waals surface area contributed by atoms with Crippen LogP contribution in [0.25, 0.3) is 11.0 Å². The van der Waals surface area contributed by atoms with Crippen molar-refractivity contribution in [3.8, 4) is 0 Å². The van der Waals surface area contributed by atoms with Gasteiger partial charge in [-0.05, 0) is 70.4 Å². The third-order valence-electron chi connectivity index (χ3n) is 7.38. The van der Waals surface area contributed by atoms with E-state index in [0.29, 0.717) is 30.0 Å². The Bertz CT molecular complexity index is 1540. The number of methoxy groups -OCH3 is 1. The van der Waals surface area contributed by atoms with Crippen LogP contribution in [0.4, 0.5) is 0 Å². The van der Waals surface area contributed by atoms with Gasteiger partial charge in [-0.2, -0.15) is 0 Å². The Morgan fingerprint density at radius 2 is 2.00 bits per heavy atom. The Hall–Kier alpha value is -3.44. The third kappa shape index (κ3) is 5.57. The first-order valence-electron chi connectivity index (χ1n) is 13.7. The van der Waals surface area contributed by atoms with Gasteiger partial charge in [-0.1, -0.05) is 12.2 Å². The molecule has 2 aromatic rings. The van der Waals surface area contributed by atoms with Crippen LogP contribution in [0.2, 0.25) is 0 Å². The van der Waals surface area contributed by atoms with Crippen LogP contribution in [0, 0.1) is 0 Å². The molecule has 2 aromatic heterocycles. The maximum Gasteiger partial charge on any atom is 0.338 e. The minimum absolute atomic E-state index is 0.103. The van der Waals surface area contributed by atoms with Crippen LogP contribution in [0.15, 0.2) is 58.8 Å². The fourth-order valence-corrected chi connectivity index (χ4v) is 6.81. The molecule has 0 radical (unpaired) electrons. The Morgan fingerprint density at radius 1 is 1.20 bits per heavy atom. The summed E-state index contributed by atoms with van der Waals surface area (Å²) in [6, 6.07) is 4.92. The second-order valence-corrected chi connectivity index (χ2v) is 12.6. The predicted octanol–water partition coefficient (Wildman–Crippen LogP) is 3.61. The topological polar surface area (TPSA) is 115 Å². The van der Waals surface area contributed by atoms with Gasteiger partial charge >= 0.3 is 5.97 Å². The molecule has 1 N–H and O–H groups in total. The van der Waals surface area contributed by atoms with E-state index in [9.17, 15) is 13.2 Å². The van der Waals surface area contributed by atoms with Gasteiger partial charge in [0, 0.05) is 19.0 Å². The summed E-state index contributed by atoms with van der Waals surface area (Å²) < 4.78 is 41.2. The lowest BCUT2D eigenvalue weighted by Gasteiger charge is -2.30. The molecule has 1 aliphatic carbocycles. The van der Waals surface area contributed by atoms with Crippen LogP contribution >= 0.6 is 0 Å². The van der Waals surface area contributed by atoms with Crippen LogP contribution < -0.4 is 4.72 Å². The number of rotatable bonds is 4. The summed E-state index contributed by atoms with van der Waals surface area (Å²) in [5.41, 5.74) is 2.72. The van der Waals surface area contributed by atoms with Crippen molar-refractivity contribution in [2.75, 3.05) is 19.9 Å². The highest BCUT2D eigenvalue weighted by Gasteiger charge is 2.41. The number of carbonyl (C=O) groups is 1. The molecule has 2 bridgehead atoms. The van der Waals surface area contributed by atoms with E-state index in [0.717, 1.165) is 35.4 Å². The summed E-state index contributed by atoms with van der Waals surface area (Å²) in [7, 11) is 0.164. The predicted molar refractivity (Wildman–Crippen MR) is 154 cm³/mol. The highest BCUT2D eigenvalue weighted by Crippen LogP contribution is 2.34. The van der Waals surface area contributed by atoms with Crippen molar-refractivity contribution >= 4 is 32.9 Å². The number of aliphatic imine (C=N–C) groups is 1. The number of amidine groups is 1. The van der Waals surface area contributed by atoms with Gasteiger partial charge in [0.25, 0.3) is 0 Å². The summed E-state index contributed by atoms with van der Waals surface area (Å²) in [5.74, 6) is 1.10. The van der Waals surface area contributed by atoms with Gasteiger partial charge in [0.1, 0.15) is 23.3 Å². The number of nitrogens with one attached hydrogen (secondary N) is 1. The zero-order valence-electron chi connectivity index (χ0n) is 23.6. The van der Waals surface area contributed by atoms with E-state index in [1.165, 1.54) is 0 Å². The Morgan fingerprint density at radius 3 is 2.75 bits per heavy atom. The van der Waals surface area contributed by atoms with Crippen molar-refractivity contribution in [2.24, 2.45) is 4.99 Å². The van der Waals surface area contributed by atoms with Crippen molar-refractivity contribution in [2.45, 2.75) is 70.8 Å². The zero-order chi connectivity index (χ0) is 28.6. The number of carbonyl (C=O) groups excluding carboxylic acids is 1. The highest BCUT2D eigenvalue weighted by atomic mass is 32.2. The van der Waals surface area contributed by atoms with E-state index >= 15 is 0 Å². The van der Waals surface area contributed by atoms with E-state index < -0.39 is 22.0 Å². The molecule has 4 heterocycles. The molecular formula is C29H37N5O5S. The normalized spacial score (nSPS) is 24.8. The number of hydrogen-bond donors (Lipinski definition) is 1. The lowest BCUT2D eigenvalue weighted by Crippen LogP contribution is -2.40. The molecule has 0 saturated heterocycles. The van der Waals surface area contributed by atoms with E-state index in [4.69, 9.17) is 19.5 Å². The molecule has 5 rings (SSSR count). The molecule has 0 spiro atoms. The van der Waals surface area contributed by atoms with Crippen LogP contribution in [-0.4, -0.2) is 72.8 Å². The Labute approximate surface area is 235 Å². The van der Waals surface area contributed by atoms with Crippen molar-refractivity contribution in [1.29, 1.82) is 0 Å². The van der Waals surface area contributed by atoms with Gasteiger partial charge in [-0.25, -0.2) is 22.9 Å². The number of fused-ring (bicyclic) bond motifs is 2. The minimum atomic E-state index is -3.41. The smallest absolute Gasteiger partial charge is 0.338 e. The van der Waals surface area contributed by atoms with Crippen molar-refractivity contribution < 1.29 is 22.7 Å². The number of esters is 1. The van der Waals surface area contributed by atoms with Crippen LogP contribution in [0.1, 0.15) is 57.5 Å². The molecule has 214 valence electrons. The van der Waals surface area contributed by atoms with Crippen molar-refractivity contribution in [3.63, 3.8) is 0 Å². The molecule has 10 nitrogen and oxygen atoms in total. The van der Waals surface area contributed by atoms with Crippen LogP contribution in [0.3, 0.4) is 0 Å². The molecule has 0 amide bonds. The second kappa shape index (κ2) is 11.2. The third-order valence-corrected chi connectivity index (χ3v) is 8.92. The van der Waals surface area contributed by atoms with E-state index in [1.54, 1.807) is 13.2 Å². The van der Waals surface area contributed by atoms with Crippen LogP contribution in [-0.2, 0) is 30.8 Å². The number of hydrogen-bond acceptors (Lipinski definition) is 8. The maximum absolute atomic E-state index is 12.7. The Kier molecular flexibility index (Phi) is 7.87. The number of sulfonamides is 1. The number of aromatic nitrogens is 2. The molecule has 40 heavy (non-hydrogen) atoms. The summed E-state index contributed by atoms with van der Waals surface area (Å²) in [6.07, 6.45) is 9.73. The zero-order valence-corrected chi connectivity index (χ0v) is 24.4. The minimum Gasteiger partial charge on any atom is -0.499 e. The molecule has 0 aromatic carbocycles. The molecule has 3 atom stereocenters. The first kappa shape index (κ1) is 28.1. The molecule has 2 aliphatic heterocycles. The number of likely N-dealkylation sites (N-methyl/N-ethyl adjacent to an activating group) is 1. The Balaban J connectivity index is 1.58. The monoisotopic (exact) mass is 567 g/mol. The lowest BCUT2D eigenvalue weighted by molar-refractivity contribution is -0.142. The number of allylic oxidation sites excluding steroid dienone is 2. The maximum atomic E-state index is 12.7. The van der Waals surface area contributed by atoms with Gasteiger partial charge in [-0.15, -0.1) is 0 Å². The summed E-state index contributed by atoms with van der Waals surface area (Å²) in [6.45, 7) is 6.04. The number of pyridine rings is 1. The van der Waals surface area contributed by atoms with Gasteiger partial charge in [-0.3, -0.25) is 4.99 Å².